The van der Waals surface area contributed by atoms with Gasteiger partial charge in [-0.15, -0.1) is 0 Å². The topological polar surface area (TPSA) is 135 Å². The predicted octanol–water partition coefficient (Wildman–Crippen LogP) is 5.82. The van der Waals surface area contributed by atoms with Crippen LogP contribution in [0.1, 0.15) is 31.9 Å². The highest BCUT2D eigenvalue weighted by atomic mass is 32.2. The van der Waals surface area contributed by atoms with E-state index in [-0.39, 0.29) is 16.9 Å². The van der Waals surface area contributed by atoms with Gasteiger partial charge in [-0.3, -0.25) is 14.5 Å². The van der Waals surface area contributed by atoms with E-state index in [1.807, 2.05) is 63.2 Å². The summed E-state index contributed by atoms with van der Waals surface area (Å²) in [4.78, 5) is 43.4. The molecule has 4 aromatic carbocycles. The fourth-order valence-corrected chi connectivity index (χ4v) is 7.50. The number of methoxy groups -OCH3 is 1. The number of anilines is 3. The van der Waals surface area contributed by atoms with Crippen LogP contribution in [0.25, 0.3) is 21.9 Å². The quantitative estimate of drug-likeness (QED) is 0.163. The lowest BCUT2D eigenvalue weighted by Gasteiger charge is -2.28. The number of carbonyl (C=O) groups excluding carboxylic acids is 3. The average molecular weight is 712 g/mol. The first-order valence-electron chi connectivity index (χ1n) is 17.2. The summed E-state index contributed by atoms with van der Waals surface area (Å²) in [5.74, 6) is 0.239. The standard InChI is InChI=1S/C39H45N5O6S/c1-39(2,3)28-23-33(40-36(45)37(46)44-15-19-50-20-16-44)35(49-4)34(24-28)42-38(47)41-32-14-13-29(30-7-5-6-8-31(30)32)27-11-9-26(10-12-27)25-43-17-21-51(48)22-18-43/h5-14,23-24H,15-22,25H2,1-4H3,(H,40,45)(H2,41,42,47). The number of rotatable bonds is 7. The van der Waals surface area contributed by atoms with E-state index in [1.165, 1.54) is 17.6 Å². The molecule has 0 atom stereocenters. The zero-order chi connectivity index (χ0) is 36.1. The first-order valence-corrected chi connectivity index (χ1v) is 18.7. The van der Waals surface area contributed by atoms with Crippen molar-refractivity contribution in [2.24, 2.45) is 0 Å². The summed E-state index contributed by atoms with van der Waals surface area (Å²) >= 11 is -0.695. The Bertz CT molecular complexity index is 1900. The second kappa shape index (κ2) is 15.7. The highest BCUT2D eigenvalue weighted by Gasteiger charge is 2.27. The maximum absolute atomic E-state index is 13.6. The molecule has 0 bridgehead atoms. The lowest BCUT2D eigenvalue weighted by molar-refractivity contribution is -0.145. The lowest BCUT2D eigenvalue weighted by Crippen LogP contribution is -2.45. The number of hydrogen-bond acceptors (Lipinski definition) is 7. The second-order valence-electron chi connectivity index (χ2n) is 13.8. The van der Waals surface area contributed by atoms with Gasteiger partial charge in [0, 0.05) is 38.1 Å². The Morgan fingerprint density at radius 2 is 1.45 bits per heavy atom. The number of morpholine rings is 1. The van der Waals surface area contributed by atoms with Crippen LogP contribution in [0, 0.1) is 0 Å². The van der Waals surface area contributed by atoms with Crippen LogP contribution in [0.2, 0.25) is 0 Å². The Hall–Kier alpha value is -4.62. The maximum atomic E-state index is 13.6. The molecule has 0 radical (unpaired) electrons. The van der Waals surface area contributed by atoms with Crippen molar-refractivity contribution >= 4 is 56.9 Å². The Kier molecular flexibility index (Phi) is 11.2. The van der Waals surface area contributed by atoms with Crippen LogP contribution in [0.3, 0.4) is 0 Å². The van der Waals surface area contributed by atoms with Gasteiger partial charge >= 0.3 is 17.8 Å². The number of amides is 4. The molecule has 0 saturated carbocycles. The Morgan fingerprint density at radius 3 is 2.10 bits per heavy atom. The Labute approximate surface area is 301 Å². The van der Waals surface area contributed by atoms with Gasteiger partial charge in [0.2, 0.25) is 0 Å². The number of ether oxygens (including phenoxy) is 2. The molecule has 51 heavy (non-hydrogen) atoms. The van der Waals surface area contributed by atoms with E-state index in [9.17, 15) is 18.9 Å². The van der Waals surface area contributed by atoms with Crippen LogP contribution in [0.4, 0.5) is 21.9 Å². The summed E-state index contributed by atoms with van der Waals surface area (Å²) in [6.07, 6.45) is 0. The van der Waals surface area contributed by atoms with Crippen LogP contribution >= 0.6 is 0 Å². The molecule has 0 spiro atoms. The van der Waals surface area contributed by atoms with Crippen molar-refractivity contribution < 1.29 is 28.4 Å². The van der Waals surface area contributed by atoms with Crippen molar-refractivity contribution in [2.75, 3.05) is 74.0 Å². The number of hydrogen-bond donors (Lipinski definition) is 3. The highest BCUT2D eigenvalue weighted by molar-refractivity contribution is 7.91. The van der Waals surface area contributed by atoms with E-state index in [0.29, 0.717) is 37.7 Å². The molecule has 268 valence electrons. The van der Waals surface area contributed by atoms with Crippen LogP contribution in [0.15, 0.2) is 72.8 Å². The molecule has 4 aromatic rings. The van der Waals surface area contributed by atoms with Gasteiger partial charge in [0.05, 0.1) is 37.4 Å². The fraction of sp³-hybridized carbons (Fsp3) is 0.359. The summed E-state index contributed by atoms with van der Waals surface area (Å²) in [6.45, 7) is 10.0. The second-order valence-corrected chi connectivity index (χ2v) is 15.5. The van der Waals surface area contributed by atoms with Gasteiger partial charge in [0.15, 0.2) is 5.75 Å². The maximum Gasteiger partial charge on any atom is 0.323 e. The molecule has 11 nitrogen and oxygen atoms in total. The molecule has 2 heterocycles. The number of fused-ring (bicyclic) bond motifs is 1. The Balaban J connectivity index is 1.21. The van der Waals surface area contributed by atoms with Crippen molar-refractivity contribution in [2.45, 2.75) is 32.7 Å². The number of carbonyl (C=O) groups is 3. The van der Waals surface area contributed by atoms with Crippen molar-refractivity contribution in [3.63, 3.8) is 0 Å². The third-order valence-electron chi connectivity index (χ3n) is 9.26. The molecule has 4 amide bonds. The molecular formula is C39H45N5O6S. The molecule has 2 aliphatic heterocycles. The first-order chi connectivity index (χ1) is 24.5. The van der Waals surface area contributed by atoms with E-state index >= 15 is 0 Å². The molecule has 0 unspecified atom stereocenters. The number of nitrogens with zero attached hydrogens (tertiary/aromatic N) is 2. The molecule has 0 aromatic heterocycles. The van der Waals surface area contributed by atoms with Crippen molar-refractivity contribution in [3.8, 4) is 16.9 Å². The zero-order valence-electron chi connectivity index (χ0n) is 29.5. The average Bonchev–Trinajstić information content (AvgIpc) is 3.12. The zero-order valence-corrected chi connectivity index (χ0v) is 30.4. The van der Waals surface area contributed by atoms with Gasteiger partial charge in [-0.25, -0.2) is 4.79 Å². The van der Waals surface area contributed by atoms with Crippen molar-refractivity contribution in [3.05, 3.63) is 83.9 Å². The smallest absolute Gasteiger partial charge is 0.323 e. The van der Waals surface area contributed by atoms with Crippen LogP contribution in [0.5, 0.6) is 5.75 Å². The third kappa shape index (κ3) is 8.65. The minimum Gasteiger partial charge on any atom is -0.616 e. The summed E-state index contributed by atoms with van der Waals surface area (Å²) < 4.78 is 22.7. The van der Waals surface area contributed by atoms with E-state index in [1.54, 1.807) is 6.07 Å². The van der Waals surface area contributed by atoms with Crippen molar-refractivity contribution in [1.82, 2.24) is 9.80 Å². The Morgan fingerprint density at radius 1 is 0.824 bits per heavy atom. The first kappa shape index (κ1) is 36.2. The molecule has 12 heteroatoms. The molecule has 6 rings (SSSR count). The van der Waals surface area contributed by atoms with Crippen LogP contribution in [-0.2, 0) is 37.5 Å². The largest absolute Gasteiger partial charge is 0.616 e. The predicted molar refractivity (Wildman–Crippen MR) is 203 cm³/mol. The van der Waals surface area contributed by atoms with Gasteiger partial charge in [-0.2, -0.15) is 0 Å². The summed E-state index contributed by atoms with van der Waals surface area (Å²) in [5, 5.41) is 10.5. The molecule has 0 aliphatic carbocycles. The molecule has 2 aliphatic rings. The van der Waals surface area contributed by atoms with Gasteiger partial charge < -0.3 is 34.9 Å². The normalized spacial score (nSPS) is 15.7. The lowest BCUT2D eigenvalue weighted by atomic mass is 9.86. The number of benzene rings is 4. The van der Waals surface area contributed by atoms with E-state index in [0.717, 1.165) is 58.6 Å². The van der Waals surface area contributed by atoms with Crippen LogP contribution < -0.4 is 20.7 Å². The summed E-state index contributed by atoms with van der Waals surface area (Å²) in [6, 6.07) is 23.4. The monoisotopic (exact) mass is 711 g/mol. The molecular weight excluding hydrogens is 667 g/mol. The number of urea groups is 1. The summed E-state index contributed by atoms with van der Waals surface area (Å²) in [5.41, 5.74) is 5.03. The van der Waals surface area contributed by atoms with E-state index in [2.05, 4.69) is 45.1 Å². The molecule has 2 saturated heterocycles. The minimum atomic E-state index is -0.793. The fourth-order valence-electron chi connectivity index (χ4n) is 6.37. The minimum absolute atomic E-state index is 0.222. The van der Waals surface area contributed by atoms with E-state index in [4.69, 9.17) is 9.47 Å². The number of nitrogens with one attached hydrogen (secondary N) is 3. The van der Waals surface area contributed by atoms with Gasteiger partial charge in [-0.1, -0.05) is 86.5 Å². The SMILES string of the molecule is COc1c(NC(=O)Nc2ccc(-c3ccc(CN4CC[S+]([O-])CC4)cc3)c3ccccc23)cc(C(C)(C)C)cc1NC(=O)C(=O)N1CCOCC1. The highest BCUT2D eigenvalue weighted by Crippen LogP contribution is 2.39. The van der Waals surface area contributed by atoms with Crippen LogP contribution in [-0.4, -0.2) is 90.2 Å². The van der Waals surface area contributed by atoms with Gasteiger partial charge in [-0.05, 0) is 51.3 Å². The molecule has 3 N–H and O–H groups in total. The third-order valence-corrected chi connectivity index (χ3v) is 10.5. The van der Waals surface area contributed by atoms with Gasteiger partial charge in [0.25, 0.3) is 0 Å². The van der Waals surface area contributed by atoms with E-state index < -0.39 is 29.0 Å². The van der Waals surface area contributed by atoms with Gasteiger partial charge in [0.1, 0.15) is 11.5 Å². The van der Waals surface area contributed by atoms with Crippen molar-refractivity contribution in [1.29, 1.82) is 0 Å². The molecule has 2 fully saturated rings. The summed E-state index contributed by atoms with van der Waals surface area (Å²) in [7, 11) is 1.45.